The second kappa shape index (κ2) is 6.84. The van der Waals surface area contributed by atoms with Crippen molar-refractivity contribution in [3.63, 3.8) is 0 Å². The van der Waals surface area contributed by atoms with Crippen molar-refractivity contribution in [3.8, 4) is 0 Å². The van der Waals surface area contributed by atoms with Gasteiger partial charge in [-0.25, -0.2) is 4.98 Å². The number of anilines is 1. The second-order valence-electron chi connectivity index (χ2n) is 4.03. The van der Waals surface area contributed by atoms with Crippen LogP contribution in [0.1, 0.15) is 29.4 Å². The Balaban J connectivity index is 1.94. The van der Waals surface area contributed by atoms with E-state index in [0.29, 0.717) is 18.1 Å². The number of amides is 1. The average Bonchev–Trinajstić information content (AvgIpc) is 2.96. The summed E-state index contributed by atoms with van der Waals surface area (Å²) in [5.41, 5.74) is 1.42. The minimum absolute atomic E-state index is 0.209. The summed E-state index contributed by atoms with van der Waals surface area (Å²) in [7, 11) is 0. The molecular formula is C13H16N4OS. The van der Waals surface area contributed by atoms with E-state index in [0.717, 1.165) is 18.5 Å². The lowest BCUT2D eigenvalue weighted by atomic mass is 10.3. The Morgan fingerprint density at radius 3 is 3.05 bits per heavy atom. The number of nitrogens with one attached hydrogen (secondary N) is 2. The molecule has 0 aliphatic heterocycles. The number of rotatable bonds is 6. The Hall–Kier alpha value is -1.95. The topological polar surface area (TPSA) is 66.9 Å². The maximum absolute atomic E-state index is 11.9. The average molecular weight is 276 g/mol. The van der Waals surface area contributed by atoms with Crippen LogP contribution in [-0.2, 0) is 6.54 Å². The summed E-state index contributed by atoms with van der Waals surface area (Å²) < 4.78 is 0. The third kappa shape index (κ3) is 4.03. The van der Waals surface area contributed by atoms with Crippen molar-refractivity contribution in [2.75, 3.05) is 11.9 Å². The van der Waals surface area contributed by atoms with E-state index >= 15 is 0 Å². The van der Waals surface area contributed by atoms with Crippen LogP contribution in [-0.4, -0.2) is 22.4 Å². The highest BCUT2D eigenvalue weighted by atomic mass is 32.1. The summed E-state index contributed by atoms with van der Waals surface area (Å²) in [6.07, 6.45) is 4.08. The maximum Gasteiger partial charge on any atom is 0.271 e. The van der Waals surface area contributed by atoms with Crippen LogP contribution in [0, 0.1) is 0 Å². The van der Waals surface area contributed by atoms with Gasteiger partial charge in [-0.15, -0.1) is 0 Å². The van der Waals surface area contributed by atoms with Crippen molar-refractivity contribution >= 4 is 23.1 Å². The van der Waals surface area contributed by atoms with E-state index in [1.54, 1.807) is 17.5 Å². The summed E-state index contributed by atoms with van der Waals surface area (Å²) in [6, 6.07) is 1.98. The molecule has 2 heterocycles. The van der Waals surface area contributed by atoms with Gasteiger partial charge in [-0.3, -0.25) is 9.78 Å². The molecule has 0 aliphatic carbocycles. The monoisotopic (exact) mass is 276 g/mol. The molecule has 0 bridgehead atoms. The van der Waals surface area contributed by atoms with Crippen molar-refractivity contribution in [1.29, 1.82) is 0 Å². The number of carbonyl (C=O) groups is 1. The summed E-state index contributed by atoms with van der Waals surface area (Å²) in [5.74, 6) is 0.420. The second-order valence-corrected chi connectivity index (χ2v) is 4.81. The van der Waals surface area contributed by atoms with Crippen molar-refractivity contribution in [2.45, 2.75) is 19.9 Å². The molecule has 0 spiro atoms. The molecule has 1 amide bonds. The molecule has 2 aromatic rings. The molecule has 0 radical (unpaired) electrons. The minimum Gasteiger partial charge on any atom is -0.369 e. The van der Waals surface area contributed by atoms with Crippen LogP contribution in [0.2, 0.25) is 0 Å². The predicted molar refractivity (Wildman–Crippen MR) is 76.3 cm³/mol. The fourth-order valence-corrected chi connectivity index (χ4v) is 2.15. The first-order valence-electron chi connectivity index (χ1n) is 6.14. The van der Waals surface area contributed by atoms with Gasteiger partial charge in [0.25, 0.3) is 5.91 Å². The molecule has 5 nitrogen and oxygen atoms in total. The van der Waals surface area contributed by atoms with Gasteiger partial charge in [-0.2, -0.15) is 11.3 Å². The quantitative estimate of drug-likeness (QED) is 0.849. The van der Waals surface area contributed by atoms with Gasteiger partial charge >= 0.3 is 0 Å². The van der Waals surface area contributed by atoms with Crippen molar-refractivity contribution in [3.05, 3.63) is 40.5 Å². The van der Waals surface area contributed by atoms with E-state index in [1.165, 1.54) is 6.20 Å². The zero-order valence-corrected chi connectivity index (χ0v) is 11.5. The predicted octanol–water partition coefficient (Wildman–Crippen LogP) is 2.29. The molecule has 0 fully saturated rings. The van der Waals surface area contributed by atoms with Gasteiger partial charge < -0.3 is 10.6 Å². The molecular weight excluding hydrogens is 260 g/mol. The molecule has 19 heavy (non-hydrogen) atoms. The van der Waals surface area contributed by atoms with Crippen molar-refractivity contribution in [2.24, 2.45) is 0 Å². The van der Waals surface area contributed by atoms with Crippen LogP contribution in [0.15, 0.2) is 29.2 Å². The molecule has 6 heteroatoms. The normalized spacial score (nSPS) is 10.2. The van der Waals surface area contributed by atoms with Gasteiger partial charge in [0.05, 0.1) is 12.4 Å². The summed E-state index contributed by atoms with van der Waals surface area (Å²) in [4.78, 5) is 20.2. The van der Waals surface area contributed by atoms with Gasteiger partial charge in [0.1, 0.15) is 11.5 Å². The molecule has 0 saturated heterocycles. The smallest absolute Gasteiger partial charge is 0.271 e. The van der Waals surface area contributed by atoms with E-state index in [9.17, 15) is 4.79 Å². The van der Waals surface area contributed by atoms with Gasteiger partial charge in [0.15, 0.2) is 0 Å². The Bertz CT molecular complexity index is 527. The molecule has 0 aromatic carbocycles. The minimum atomic E-state index is -0.209. The van der Waals surface area contributed by atoms with Gasteiger partial charge in [0, 0.05) is 13.1 Å². The highest BCUT2D eigenvalue weighted by molar-refractivity contribution is 7.07. The van der Waals surface area contributed by atoms with Crippen molar-refractivity contribution in [1.82, 2.24) is 15.3 Å². The van der Waals surface area contributed by atoms with Crippen LogP contribution in [0.5, 0.6) is 0 Å². The Labute approximate surface area is 116 Å². The standard InChI is InChI=1S/C13H16N4OS/c1-2-4-15-12-8-14-7-11(17-12)13(18)16-6-10-3-5-19-9-10/h3,5,7-9H,2,4,6H2,1H3,(H,15,17)(H,16,18). The van der Waals surface area contributed by atoms with E-state index in [1.807, 2.05) is 16.8 Å². The summed E-state index contributed by atoms with van der Waals surface area (Å²) >= 11 is 1.61. The third-order valence-electron chi connectivity index (χ3n) is 2.46. The number of thiophene rings is 1. The molecule has 2 rings (SSSR count). The Morgan fingerprint density at radius 2 is 2.32 bits per heavy atom. The van der Waals surface area contributed by atoms with Crippen LogP contribution in [0.25, 0.3) is 0 Å². The largest absolute Gasteiger partial charge is 0.369 e. The number of carbonyl (C=O) groups excluding carboxylic acids is 1. The molecule has 0 unspecified atom stereocenters. The first kappa shape index (κ1) is 13.5. The lowest BCUT2D eigenvalue weighted by Gasteiger charge is -2.06. The van der Waals surface area contributed by atoms with Crippen molar-refractivity contribution < 1.29 is 4.79 Å². The fourth-order valence-electron chi connectivity index (χ4n) is 1.48. The van der Waals surface area contributed by atoms with E-state index in [-0.39, 0.29) is 5.91 Å². The lowest BCUT2D eigenvalue weighted by molar-refractivity contribution is 0.0945. The van der Waals surface area contributed by atoms with E-state index < -0.39 is 0 Å². The first-order chi connectivity index (χ1) is 9.29. The van der Waals surface area contributed by atoms with E-state index in [2.05, 4.69) is 27.5 Å². The van der Waals surface area contributed by atoms with Gasteiger partial charge in [0.2, 0.25) is 0 Å². The number of hydrogen-bond acceptors (Lipinski definition) is 5. The SMILES string of the molecule is CCCNc1cncc(C(=O)NCc2ccsc2)n1. The first-order valence-corrected chi connectivity index (χ1v) is 7.09. The third-order valence-corrected chi connectivity index (χ3v) is 3.19. The molecule has 0 aliphatic rings. The maximum atomic E-state index is 11.9. The number of hydrogen-bond donors (Lipinski definition) is 2. The number of aromatic nitrogens is 2. The molecule has 0 atom stereocenters. The molecule has 2 N–H and O–H groups in total. The lowest BCUT2D eigenvalue weighted by Crippen LogP contribution is -2.24. The highest BCUT2D eigenvalue weighted by Crippen LogP contribution is 2.06. The fraction of sp³-hybridized carbons (Fsp3) is 0.308. The van der Waals surface area contributed by atoms with Gasteiger partial charge in [-0.1, -0.05) is 6.92 Å². The van der Waals surface area contributed by atoms with Crippen LogP contribution in [0.3, 0.4) is 0 Å². The number of nitrogens with zero attached hydrogens (tertiary/aromatic N) is 2. The highest BCUT2D eigenvalue weighted by Gasteiger charge is 2.08. The van der Waals surface area contributed by atoms with E-state index in [4.69, 9.17) is 0 Å². The Kier molecular flexibility index (Phi) is 4.85. The summed E-state index contributed by atoms with van der Waals surface area (Å²) in [5, 5.41) is 9.92. The Morgan fingerprint density at radius 1 is 1.42 bits per heavy atom. The van der Waals surface area contributed by atoms with Gasteiger partial charge in [-0.05, 0) is 28.8 Å². The summed E-state index contributed by atoms with van der Waals surface area (Å²) in [6.45, 7) is 3.39. The molecule has 100 valence electrons. The molecule has 0 saturated carbocycles. The zero-order valence-electron chi connectivity index (χ0n) is 10.7. The van der Waals surface area contributed by atoms with Crippen LogP contribution < -0.4 is 10.6 Å². The van der Waals surface area contributed by atoms with Crippen LogP contribution >= 0.6 is 11.3 Å². The van der Waals surface area contributed by atoms with Crippen LogP contribution in [0.4, 0.5) is 5.82 Å². The zero-order chi connectivity index (χ0) is 13.5. The molecule has 2 aromatic heterocycles.